The number of unbranched alkanes of at least 4 members (excludes halogenated alkanes) is 1. The maximum absolute atomic E-state index is 12.6. The van der Waals surface area contributed by atoms with Gasteiger partial charge in [0, 0.05) is 35.4 Å². The molecule has 0 saturated heterocycles. The Morgan fingerprint density at radius 1 is 1.15 bits per heavy atom. The molecule has 0 aliphatic rings. The number of anilines is 1. The number of rotatable bonds is 11. The molecule has 4 rings (SSSR count). The van der Waals surface area contributed by atoms with Crippen LogP contribution in [-0.2, 0) is 28.5 Å². The van der Waals surface area contributed by atoms with Crippen LogP contribution in [0, 0.1) is 6.92 Å². The van der Waals surface area contributed by atoms with Crippen molar-refractivity contribution in [3.63, 3.8) is 0 Å². The van der Waals surface area contributed by atoms with Gasteiger partial charge in [0.25, 0.3) is 0 Å². The third kappa shape index (κ3) is 5.25. The Hall–Kier alpha value is -2.52. The summed E-state index contributed by atoms with van der Waals surface area (Å²) in [4.78, 5) is 10.1. The molecule has 0 saturated carbocycles. The molecule has 2 aromatic carbocycles. The zero-order valence-corrected chi connectivity index (χ0v) is 21.1. The molecule has 0 amide bonds. The lowest BCUT2D eigenvalue weighted by atomic mass is 10.2. The van der Waals surface area contributed by atoms with Gasteiger partial charge in [-0.05, 0) is 50.1 Å². The number of nitrogen functional groups attached to an aromatic ring is 1. The number of para-hydroxylation sites is 1. The second kappa shape index (κ2) is 11.3. The molecule has 34 heavy (non-hydrogen) atoms. The van der Waals surface area contributed by atoms with E-state index < -0.39 is 10.8 Å². The highest BCUT2D eigenvalue weighted by molar-refractivity contribution is 7.85. The van der Waals surface area contributed by atoms with E-state index in [1.165, 1.54) is 0 Å². The number of nitrogens with zero attached hydrogens (tertiary/aromatic N) is 3. The Morgan fingerprint density at radius 3 is 2.79 bits per heavy atom. The van der Waals surface area contributed by atoms with Crippen molar-refractivity contribution in [1.29, 1.82) is 0 Å². The number of imidazole rings is 1. The fourth-order valence-electron chi connectivity index (χ4n) is 4.13. The number of hydrogen-bond donors (Lipinski definition) is 2. The second-order valence-corrected chi connectivity index (χ2v) is 10.0. The van der Waals surface area contributed by atoms with Crippen LogP contribution in [-0.4, -0.2) is 44.9 Å². The molecule has 0 spiro atoms. The SMILES string of the molecule is COCCc1nc2c(N)nc3ccccc3c2n1CCCCNCS(=O)c1cccc(Cl)c1C. The molecule has 2 aromatic heterocycles. The molecule has 0 bridgehead atoms. The normalized spacial score (nSPS) is 12.6. The van der Waals surface area contributed by atoms with E-state index in [0.717, 1.165) is 64.2 Å². The van der Waals surface area contributed by atoms with E-state index in [4.69, 9.17) is 27.1 Å². The van der Waals surface area contributed by atoms with Crippen LogP contribution in [0.2, 0.25) is 5.02 Å². The number of ether oxygens (including phenoxy) is 1. The van der Waals surface area contributed by atoms with Crippen LogP contribution >= 0.6 is 11.6 Å². The van der Waals surface area contributed by atoms with Gasteiger partial charge in [-0.25, -0.2) is 9.97 Å². The molecule has 0 aliphatic carbocycles. The summed E-state index contributed by atoms with van der Waals surface area (Å²) in [7, 11) is 0.563. The van der Waals surface area contributed by atoms with Crippen molar-refractivity contribution in [2.45, 2.75) is 37.6 Å². The molecule has 4 aromatic rings. The zero-order valence-electron chi connectivity index (χ0n) is 19.5. The van der Waals surface area contributed by atoms with Crippen molar-refractivity contribution in [2.75, 3.05) is 31.9 Å². The molecule has 180 valence electrons. The van der Waals surface area contributed by atoms with Crippen LogP contribution in [0.15, 0.2) is 47.4 Å². The monoisotopic (exact) mass is 499 g/mol. The van der Waals surface area contributed by atoms with Gasteiger partial charge in [-0.1, -0.05) is 35.9 Å². The molecule has 3 N–H and O–H groups in total. The van der Waals surface area contributed by atoms with Crippen molar-refractivity contribution in [3.8, 4) is 0 Å². The Bertz CT molecular complexity index is 1320. The largest absolute Gasteiger partial charge is 0.384 e. The number of hydrogen-bond acceptors (Lipinski definition) is 6. The Balaban J connectivity index is 1.42. The zero-order chi connectivity index (χ0) is 24.1. The lowest BCUT2D eigenvalue weighted by molar-refractivity contribution is 0.199. The van der Waals surface area contributed by atoms with Crippen molar-refractivity contribution >= 4 is 50.2 Å². The topological polar surface area (TPSA) is 95.1 Å². The molecule has 0 radical (unpaired) electrons. The maximum atomic E-state index is 12.6. The van der Waals surface area contributed by atoms with Crippen LogP contribution in [0.1, 0.15) is 24.2 Å². The number of halogens is 1. The third-order valence-corrected chi connectivity index (χ3v) is 7.71. The minimum atomic E-state index is -1.13. The number of aromatic nitrogens is 3. The minimum absolute atomic E-state index is 0.404. The van der Waals surface area contributed by atoms with Crippen LogP contribution in [0.3, 0.4) is 0 Å². The number of nitrogens with one attached hydrogen (secondary N) is 1. The molecule has 2 heterocycles. The highest BCUT2D eigenvalue weighted by atomic mass is 35.5. The molecular formula is C25H30ClN5O2S. The summed E-state index contributed by atoms with van der Waals surface area (Å²) in [6.07, 6.45) is 2.58. The fourth-order valence-corrected chi connectivity index (χ4v) is 5.52. The predicted octanol–water partition coefficient (Wildman–Crippen LogP) is 4.45. The van der Waals surface area contributed by atoms with E-state index >= 15 is 0 Å². The van der Waals surface area contributed by atoms with Crippen LogP contribution in [0.4, 0.5) is 5.82 Å². The molecule has 0 fully saturated rings. The lowest BCUT2D eigenvalue weighted by Crippen LogP contribution is -2.21. The number of pyridine rings is 1. The van der Waals surface area contributed by atoms with Gasteiger partial charge < -0.3 is 20.4 Å². The van der Waals surface area contributed by atoms with E-state index in [1.54, 1.807) is 7.11 Å². The summed E-state index contributed by atoms with van der Waals surface area (Å²) in [5, 5.41) is 5.01. The summed E-state index contributed by atoms with van der Waals surface area (Å²) in [6.45, 7) is 4.07. The summed E-state index contributed by atoms with van der Waals surface area (Å²) in [5.74, 6) is 1.81. The first-order chi connectivity index (χ1) is 16.5. The number of nitrogens with two attached hydrogens (primary N) is 1. The highest BCUT2D eigenvalue weighted by Gasteiger charge is 2.17. The minimum Gasteiger partial charge on any atom is -0.384 e. The average molecular weight is 500 g/mol. The van der Waals surface area contributed by atoms with Crippen molar-refractivity contribution in [2.24, 2.45) is 0 Å². The first-order valence-electron chi connectivity index (χ1n) is 11.4. The van der Waals surface area contributed by atoms with Crippen molar-refractivity contribution < 1.29 is 8.95 Å². The van der Waals surface area contributed by atoms with Crippen LogP contribution < -0.4 is 11.1 Å². The quantitative estimate of drug-likeness (QED) is 0.296. The highest BCUT2D eigenvalue weighted by Crippen LogP contribution is 2.29. The fraction of sp³-hybridized carbons (Fsp3) is 0.360. The number of benzene rings is 2. The Morgan fingerprint density at radius 2 is 1.97 bits per heavy atom. The van der Waals surface area contributed by atoms with E-state index in [0.29, 0.717) is 29.7 Å². The summed E-state index contributed by atoms with van der Waals surface area (Å²) in [5.41, 5.74) is 9.78. The Kier molecular flexibility index (Phi) is 8.15. The molecule has 0 aliphatic heterocycles. The lowest BCUT2D eigenvalue weighted by Gasteiger charge is -2.12. The molecule has 1 atom stereocenters. The van der Waals surface area contributed by atoms with Gasteiger partial charge >= 0.3 is 0 Å². The van der Waals surface area contributed by atoms with Gasteiger partial charge in [0.15, 0.2) is 5.82 Å². The van der Waals surface area contributed by atoms with E-state index in [1.807, 2.05) is 43.3 Å². The van der Waals surface area contributed by atoms with Crippen LogP contribution in [0.5, 0.6) is 0 Å². The van der Waals surface area contributed by atoms with Gasteiger partial charge in [0.1, 0.15) is 11.3 Å². The van der Waals surface area contributed by atoms with Gasteiger partial charge in [-0.15, -0.1) is 0 Å². The summed E-state index contributed by atoms with van der Waals surface area (Å²) < 4.78 is 20.2. The van der Waals surface area contributed by atoms with Gasteiger partial charge in [-0.3, -0.25) is 4.21 Å². The first kappa shape index (κ1) is 24.6. The summed E-state index contributed by atoms with van der Waals surface area (Å²) >= 11 is 6.16. The number of aryl methyl sites for hydroxylation is 1. The molecule has 1 unspecified atom stereocenters. The van der Waals surface area contributed by atoms with Gasteiger partial charge in [0.2, 0.25) is 0 Å². The predicted molar refractivity (Wildman–Crippen MR) is 140 cm³/mol. The first-order valence-corrected chi connectivity index (χ1v) is 13.1. The molecule has 9 heteroatoms. The smallest absolute Gasteiger partial charge is 0.152 e. The number of methoxy groups -OCH3 is 1. The van der Waals surface area contributed by atoms with Gasteiger partial charge in [-0.2, -0.15) is 0 Å². The third-order valence-electron chi connectivity index (χ3n) is 5.90. The number of fused-ring (bicyclic) bond motifs is 3. The standard InChI is InChI=1S/C25H30ClN5O2S/c1-17-19(26)9-7-11-21(17)34(32)16-28-13-5-6-14-31-22(12-15-33-2)30-23-24(31)18-8-3-4-10-20(18)29-25(23)27/h3-4,7-11,28H,5-6,12-16H2,1-2H3,(H2,27,29). The Labute approximate surface area is 207 Å². The molecular weight excluding hydrogens is 470 g/mol. The summed E-state index contributed by atoms with van der Waals surface area (Å²) in [6, 6.07) is 13.5. The second-order valence-electron chi connectivity index (χ2n) is 8.19. The van der Waals surface area contributed by atoms with E-state index in [2.05, 4.69) is 20.9 Å². The van der Waals surface area contributed by atoms with Gasteiger partial charge in [0.05, 0.1) is 34.3 Å². The van der Waals surface area contributed by atoms with Crippen molar-refractivity contribution in [3.05, 3.63) is 58.9 Å². The van der Waals surface area contributed by atoms with E-state index in [9.17, 15) is 4.21 Å². The van der Waals surface area contributed by atoms with Crippen LogP contribution in [0.25, 0.3) is 21.9 Å². The molecule has 7 nitrogen and oxygen atoms in total. The average Bonchev–Trinajstić information content (AvgIpc) is 3.20. The maximum Gasteiger partial charge on any atom is 0.152 e. The van der Waals surface area contributed by atoms with E-state index in [-0.39, 0.29) is 0 Å². The van der Waals surface area contributed by atoms with Crippen molar-refractivity contribution in [1.82, 2.24) is 19.9 Å².